The highest BCUT2D eigenvalue weighted by atomic mass is 32.2. The number of rotatable bonds is 6. The normalized spacial score (nSPS) is 16.0. The van der Waals surface area contributed by atoms with Gasteiger partial charge >= 0.3 is 0 Å². The monoisotopic (exact) mass is 379 g/mol. The number of hydrogen-bond donors (Lipinski definition) is 0. The van der Waals surface area contributed by atoms with Gasteiger partial charge in [0.2, 0.25) is 27.6 Å². The van der Waals surface area contributed by atoms with Crippen LogP contribution in [-0.4, -0.2) is 71.1 Å². The number of amides is 1. The van der Waals surface area contributed by atoms with Gasteiger partial charge in [-0.2, -0.15) is 9.29 Å². The first-order valence-corrected chi connectivity index (χ1v) is 10.2. The van der Waals surface area contributed by atoms with Crippen molar-refractivity contribution in [1.29, 1.82) is 0 Å². The van der Waals surface area contributed by atoms with E-state index in [1.54, 1.807) is 23.4 Å². The first kappa shape index (κ1) is 18.5. The minimum Gasteiger partial charge on any atom is -0.340 e. The van der Waals surface area contributed by atoms with E-state index >= 15 is 0 Å². The Labute approximate surface area is 152 Å². The lowest BCUT2D eigenvalue weighted by molar-refractivity contribution is -0.132. The van der Waals surface area contributed by atoms with Crippen LogP contribution in [0.5, 0.6) is 0 Å². The summed E-state index contributed by atoms with van der Waals surface area (Å²) >= 11 is 0. The molecule has 1 saturated heterocycles. The number of carbonyl (C=O) groups is 1. The largest absolute Gasteiger partial charge is 0.340 e. The summed E-state index contributed by atoms with van der Waals surface area (Å²) in [5, 5.41) is 3.92. The molecule has 2 aromatic rings. The molecule has 1 aliphatic rings. The van der Waals surface area contributed by atoms with Gasteiger partial charge in [-0.1, -0.05) is 5.16 Å². The summed E-state index contributed by atoms with van der Waals surface area (Å²) in [7, 11) is -3.19. The Hall–Kier alpha value is -2.33. The van der Waals surface area contributed by atoms with E-state index in [4.69, 9.17) is 4.52 Å². The number of piperazine rings is 1. The highest BCUT2D eigenvalue weighted by Crippen LogP contribution is 2.15. The van der Waals surface area contributed by atoms with Gasteiger partial charge in [0, 0.05) is 57.0 Å². The Balaban J connectivity index is 1.44. The Morgan fingerprint density at radius 2 is 2.04 bits per heavy atom. The molecule has 0 unspecified atom stereocenters. The van der Waals surface area contributed by atoms with Gasteiger partial charge in [0.25, 0.3) is 0 Å². The van der Waals surface area contributed by atoms with Crippen molar-refractivity contribution in [1.82, 2.24) is 24.3 Å². The molecule has 0 bridgehead atoms. The van der Waals surface area contributed by atoms with Gasteiger partial charge in [0.1, 0.15) is 0 Å². The van der Waals surface area contributed by atoms with Crippen LogP contribution in [0.25, 0.3) is 11.4 Å². The molecule has 0 aromatic carbocycles. The second-order valence-electron chi connectivity index (χ2n) is 6.15. The molecular weight excluding hydrogens is 358 g/mol. The maximum Gasteiger partial charge on any atom is 0.226 e. The summed E-state index contributed by atoms with van der Waals surface area (Å²) in [6.07, 6.45) is 6.00. The number of pyridine rings is 1. The summed E-state index contributed by atoms with van der Waals surface area (Å²) < 4.78 is 29.6. The summed E-state index contributed by atoms with van der Waals surface area (Å²) in [4.78, 5) is 22.3. The molecule has 0 radical (unpaired) electrons. The molecule has 0 atom stereocenters. The molecule has 26 heavy (non-hydrogen) atoms. The zero-order valence-electron chi connectivity index (χ0n) is 14.5. The van der Waals surface area contributed by atoms with Gasteiger partial charge in [-0.25, -0.2) is 8.42 Å². The fourth-order valence-corrected chi connectivity index (χ4v) is 3.61. The molecule has 10 heteroatoms. The predicted molar refractivity (Wildman–Crippen MR) is 93.5 cm³/mol. The van der Waals surface area contributed by atoms with Crippen molar-refractivity contribution < 1.29 is 17.7 Å². The van der Waals surface area contributed by atoms with Crippen molar-refractivity contribution in [3.8, 4) is 11.4 Å². The van der Waals surface area contributed by atoms with Gasteiger partial charge in [0.05, 0.1) is 6.26 Å². The fourth-order valence-electron chi connectivity index (χ4n) is 2.79. The van der Waals surface area contributed by atoms with E-state index in [1.165, 1.54) is 10.6 Å². The van der Waals surface area contributed by atoms with E-state index in [0.717, 1.165) is 5.56 Å². The third-order valence-electron chi connectivity index (χ3n) is 4.23. The fraction of sp³-hybridized carbons (Fsp3) is 0.500. The van der Waals surface area contributed by atoms with Crippen LogP contribution in [0.3, 0.4) is 0 Å². The van der Waals surface area contributed by atoms with Gasteiger partial charge in [0.15, 0.2) is 0 Å². The van der Waals surface area contributed by atoms with Crippen molar-refractivity contribution in [2.24, 2.45) is 0 Å². The third kappa shape index (κ3) is 4.64. The Morgan fingerprint density at radius 1 is 1.27 bits per heavy atom. The Morgan fingerprint density at radius 3 is 2.69 bits per heavy atom. The lowest BCUT2D eigenvalue weighted by Gasteiger charge is -2.33. The molecule has 1 fully saturated rings. The summed E-state index contributed by atoms with van der Waals surface area (Å²) in [6.45, 7) is 1.56. The van der Waals surface area contributed by atoms with E-state index in [0.29, 0.717) is 57.2 Å². The lowest BCUT2D eigenvalue weighted by atomic mass is 10.2. The van der Waals surface area contributed by atoms with Crippen LogP contribution in [0.4, 0.5) is 0 Å². The van der Waals surface area contributed by atoms with Crippen LogP contribution >= 0.6 is 0 Å². The Bertz CT molecular complexity index is 845. The molecular formula is C16H21N5O4S. The number of aromatic nitrogens is 3. The Kier molecular flexibility index (Phi) is 5.62. The number of aryl methyl sites for hydroxylation is 1. The summed E-state index contributed by atoms with van der Waals surface area (Å²) in [6, 6.07) is 3.65. The average Bonchev–Trinajstić information content (AvgIpc) is 3.11. The molecule has 0 saturated carbocycles. The van der Waals surface area contributed by atoms with Crippen LogP contribution in [0.15, 0.2) is 29.0 Å². The standard InChI is InChI=1S/C16H21N5O4S/c1-26(23,24)21-10-8-20(9-11-21)15(22)6-2-5-14-18-16(19-25-14)13-4-3-7-17-12-13/h3-4,7,12H,2,5-6,8-11H2,1H3. The molecule has 1 aliphatic heterocycles. The lowest BCUT2D eigenvalue weighted by Crippen LogP contribution is -2.50. The molecule has 1 amide bonds. The van der Waals surface area contributed by atoms with E-state index in [-0.39, 0.29) is 5.91 Å². The zero-order valence-corrected chi connectivity index (χ0v) is 15.4. The molecule has 2 aromatic heterocycles. The SMILES string of the molecule is CS(=O)(=O)N1CCN(C(=O)CCCc2nc(-c3cccnc3)no2)CC1. The van der Waals surface area contributed by atoms with Crippen molar-refractivity contribution in [3.05, 3.63) is 30.4 Å². The second-order valence-corrected chi connectivity index (χ2v) is 8.13. The smallest absolute Gasteiger partial charge is 0.226 e. The number of sulfonamides is 1. The number of nitrogens with zero attached hydrogens (tertiary/aromatic N) is 5. The third-order valence-corrected chi connectivity index (χ3v) is 5.53. The number of hydrogen-bond acceptors (Lipinski definition) is 7. The molecule has 9 nitrogen and oxygen atoms in total. The van der Waals surface area contributed by atoms with Crippen LogP contribution < -0.4 is 0 Å². The number of carbonyl (C=O) groups excluding carboxylic acids is 1. The van der Waals surface area contributed by atoms with Crippen LogP contribution in [0.1, 0.15) is 18.7 Å². The predicted octanol–water partition coefficient (Wildman–Crippen LogP) is 0.558. The summed E-state index contributed by atoms with van der Waals surface area (Å²) in [5.74, 6) is 0.986. The maximum atomic E-state index is 12.3. The van der Waals surface area contributed by atoms with Crippen molar-refractivity contribution in [3.63, 3.8) is 0 Å². The molecule has 3 rings (SSSR count). The first-order chi connectivity index (χ1) is 12.4. The van der Waals surface area contributed by atoms with E-state index in [9.17, 15) is 13.2 Å². The highest BCUT2D eigenvalue weighted by Gasteiger charge is 2.25. The van der Waals surface area contributed by atoms with E-state index < -0.39 is 10.0 Å². The highest BCUT2D eigenvalue weighted by molar-refractivity contribution is 7.88. The van der Waals surface area contributed by atoms with Crippen LogP contribution in [-0.2, 0) is 21.2 Å². The zero-order chi connectivity index (χ0) is 18.6. The van der Waals surface area contributed by atoms with Gasteiger partial charge in [-0.15, -0.1) is 0 Å². The van der Waals surface area contributed by atoms with Crippen LogP contribution in [0, 0.1) is 0 Å². The van der Waals surface area contributed by atoms with Crippen molar-refractivity contribution in [2.45, 2.75) is 19.3 Å². The molecule has 140 valence electrons. The summed E-state index contributed by atoms with van der Waals surface area (Å²) in [5.41, 5.74) is 0.780. The average molecular weight is 379 g/mol. The first-order valence-electron chi connectivity index (χ1n) is 8.39. The van der Waals surface area contributed by atoms with Crippen LogP contribution in [0.2, 0.25) is 0 Å². The maximum absolute atomic E-state index is 12.3. The molecule has 0 spiro atoms. The quantitative estimate of drug-likeness (QED) is 0.721. The van der Waals surface area contributed by atoms with E-state index in [1.807, 2.05) is 6.07 Å². The van der Waals surface area contributed by atoms with Gasteiger partial charge in [-0.05, 0) is 18.6 Å². The second kappa shape index (κ2) is 7.92. The molecule has 3 heterocycles. The topological polar surface area (TPSA) is 110 Å². The van der Waals surface area contributed by atoms with E-state index in [2.05, 4.69) is 15.1 Å². The van der Waals surface area contributed by atoms with Crippen molar-refractivity contribution in [2.75, 3.05) is 32.4 Å². The minimum absolute atomic E-state index is 0.0187. The molecule has 0 N–H and O–H groups in total. The molecule has 0 aliphatic carbocycles. The minimum atomic E-state index is -3.19. The van der Waals surface area contributed by atoms with Gasteiger partial charge < -0.3 is 9.42 Å². The van der Waals surface area contributed by atoms with Gasteiger partial charge in [-0.3, -0.25) is 9.78 Å². The van der Waals surface area contributed by atoms with Crippen molar-refractivity contribution >= 4 is 15.9 Å².